The molecule has 26 heavy (non-hydrogen) atoms. The molecular weight excluding hydrogens is 369 g/mol. The molecule has 2 aromatic rings. The Balaban J connectivity index is 1.68. The molecule has 2 bridgehead atoms. The van der Waals surface area contributed by atoms with Crippen LogP contribution in [-0.4, -0.2) is 40.0 Å². The Kier molecular flexibility index (Phi) is 4.45. The molecule has 2 saturated heterocycles. The van der Waals surface area contributed by atoms with E-state index < -0.39 is 18.2 Å². The maximum Gasteiger partial charge on any atom is 0.433 e. The fraction of sp³-hybridized carbons (Fsp3) is 0.353. The molecular formula is C17H13F3N2O3S. The molecule has 0 amide bonds. The lowest BCUT2D eigenvalue weighted by molar-refractivity contribution is -0.151. The van der Waals surface area contributed by atoms with Gasteiger partial charge in [0.25, 0.3) is 0 Å². The van der Waals surface area contributed by atoms with Crippen LogP contribution in [0.4, 0.5) is 13.2 Å². The molecule has 0 saturated carbocycles. The average Bonchev–Trinajstić information content (AvgIpc) is 3.06. The summed E-state index contributed by atoms with van der Waals surface area (Å²) in [4.78, 5) is 19.8. The van der Waals surface area contributed by atoms with Gasteiger partial charge in [-0.3, -0.25) is 4.79 Å². The summed E-state index contributed by atoms with van der Waals surface area (Å²) in [6.45, 7) is 0.235. The number of alkyl halides is 3. The van der Waals surface area contributed by atoms with Gasteiger partial charge in [0, 0.05) is 17.2 Å². The molecule has 0 spiro atoms. The van der Waals surface area contributed by atoms with Gasteiger partial charge < -0.3 is 9.47 Å². The lowest BCUT2D eigenvalue weighted by Gasteiger charge is -2.25. The third-order valence-corrected chi connectivity index (χ3v) is 5.28. The van der Waals surface area contributed by atoms with Gasteiger partial charge in [0.05, 0.1) is 18.4 Å². The highest BCUT2D eigenvalue weighted by Crippen LogP contribution is 2.37. The predicted octanol–water partition coefficient (Wildman–Crippen LogP) is 3.34. The van der Waals surface area contributed by atoms with E-state index in [4.69, 9.17) is 9.47 Å². The van der Waals surface area contributed by atoms with Crippen molar-refractivity contribution >= 4 is 17.5 Å². The minimum absolute atomic E-state index is 0.0366. The number of fused-ring (bicyclic) bond motifs is 2. The van der Waals surface area contributed by atoms with Crippen molar-refractivity contribution in [2.24, 2.45) is 0 Å². The number of halogens is 3. The highest BCUT2D eigenvalue weighted by atomic mass is 32.2. The fourth-order valence-electron chi connectivity index (χ4n) is 2.84. The Hall–Kier alpha value is -1.97. The van der Waals surface area contributed by atoms with Crippen LogP contribution in [0.15, 0.2) is 41.6 Å². The molecule has 9 heteroatoms. The zero-order valence-electron chi connectivity index (χ0n) is 13.3. The average molecular weight is 382 g/mol. The van der Waals surface area contributed by atoms with Crippen molar-refractivity contribution in [3.63, 3.8) is 0 Å². The van der Waals surface area contributed by atoms with Crippen molar-refractivity contribution < 1.29 is 27.4 Å². The van der Waals surface area contributed by atoms with Crippen LogP contribution in [0.2, 0.25) is 0 Å². The highest BCUT2D eigenvalue weighted by molar-refractivity contribution is 7.99. The molecule has 5 nitrogen and oxygen atoms in total. The largest absolute Gasteiger partial charge is 0.433 e. The molecule has 1 aromatic heterocycles. The second-order valence-electron chi connectivity index (χ2n) is 5.95. The van der Waals surface area contributed by atoms with Gasteiger partial charge in [0.2, 0.25) is 6.29 Å². The van der Waals surface area contributed by atoms with Gasteiger partial charge in [-0.2, -0.15) is 13.2 Å². The molecule has 2 aliphatic heterocycles. The maximum atomic E-state index is 13.3. The van der Waals surface area contributed by atoms with Crippen molar-refractivity contribution in [2.45, 2.75) is 35.4 Å². The Morgan fingerprint density at radius 2 is 1.92 bits per heavy atom. The number of carbonyl (C=O) groups excluding carboxylic acids is 1. The maximum absolute atomic E-state index is 13.3. The van der Waals surface area contributed by atoms with Gasteiger partial charge in [-0.05, 0) is 6.07 Å². The van der Waals surface area contributed by atoms with E-state index in [1.54, 1.807) is 30.3 Å². The molecule has 2 aliphatic rings. The summed E-state index contributed by atoms with van der Waals surface area (Å²) in [5.74, 6) is -0.216. The zero-order chi connectivity index (χ0) is 18.3. The van der Waals surface area contributed by atoms with Crippen molar-refractivity contribution in [2.75, 3.05) is 6.61 Å². The monoisotopic (exact) mass is 382 g/mol. The number of nitrogens with zero attached hydrogens (tertiary/aromatic N) is 2. The number of hydrogen-bond acceptors (Lipinski definition) is 6. The van der Waals surface area contributed by atoms with Gasteiger partial charge in [-0.1, -0.05) is 42.1 Å². The smallest absolute Gasteiger partial charge is 0.343 e. The first-order chi connectivity index (χ1) is 12.4. The predicted molar refractivity (Wildman–Crippen MR) is 86.4 cm³/mol. The van der Waals surface area contributed by atoms with Crippen LogP contribution in [-0.2, 0) is 20.4 Å². The van der Waals surface area contributed by atoms with Gasteiger partial charge in [-0.15, -0.1) is 0 Å². The van der Waals surface area contributed by atoms with E-state index in [0.717, 1.165) is 17.8 Å². The lowest BCUT2D eigenvalue weighted by atomic mass is 10.1. The first-order valence-corrected chi connectivity index (χ1v) is 8.76. The van der Waals surface area contributed by atoms with Crippen LogP contribution in [0.1, 0.15) is 12.1 Å². The standard InChI is InChI=1S/C17H13F3N2O3S/c18-17(19,20)14-6-10(9-4-2-1-3-5-9)21-16(22-14)26-13-7-11(23)15-24-8-12(13)25-15/h1-6,12-13,15H,7-8H2/t12-,13-,15-/m1/s1. The minimum Gasteiger partial charge on any atom is -0.343 e. The van der Waals surface area contributed by atoms with Crippen molar-refractivity contribution in [3.8, 4) is 11.3 Å². The van der Waals surface area contributed by atoms with E-state index in [1.807, 2.05) is 0 Å². The van der Waals surface area contributed by atoms with E-state index in [2.05, 4.69) is 9.97 Å². The number of aromatic nitrogens is 2. The molecule has 0 unspecified atom stereocenters. The zero-order valence-corrected chi connectivity index (χ0v) is 14.1. The summed E-state index contributed by atoms with van der Waals surface area (Å²) in [6.07, 6.45) is -5.65. The summed E-state index contributed by atoms with van der Waals surface area (Å²) >= 11 is 1.02. The SMILES string of the molecule is O=C1C[C@@H](Sc2nc(-c3ccccc3)cc(C(F)(F)F)n2)[C@H]2CO[C@@H]1O2. The topological polar surface area (TPSA) is 61.3 Å². The minimum atomic E-state index is -4.60. The van der Waals surface area contributed by atoms with Gasteiger partial charge in [0.15, 0.2) is 10.9 Å². The molecule has 3 heterocycles. The number of thioether (sulfide) groups is 1. The number of benzene rings is 1. The van der Waals surface area contributed by atoms with Crippen molar-refractivity contribution in [1.82, 2.24) is 9.97 Å². The third-order valence-electron chi connectivity index (χ3n) is 4.11. The molecule has 4 rings (SSSR count). The van der Waals surface area contributed by atoms with Crippen LogP contribution < -0.4 is 0 Å². The molecule has 0 N–H and O–H groups in total. The molecule has 3 atom stereocenters. The second-order valence-corrected chi connectivity index (χ2v) is 7.16. The quantitative estimate of drug-likeness (QED) is 0.759. The molecule has 1 aromatic carbocycles. The summed E-state index contributed by atoms with van der Waals surface area (Å²) in [5.41, 5.74) is -0.279. The van der Waals surface area contributed by atoms with Gasteiger partial charge >= 0.3 is 6.18 Å². The summed E-state index contributed by atoms with van der Waals surface area (Å²) in [7, 11) is 0. The highest BCUT2D eigenvalue weighted by Gasteiger charge is 2.44. The molecule has 0 aliphatic carbocycles. The van der Waals surface area contributed by atoms with E-state index in [-0.39, 0.29) is 41.0 Å². The van der Waals surface area contributed by atoms with Crippen LogP contribution in [0, 0.1) is 0 Å². The Labute approximate surface area is 150 Å². The first kappa shape index (κ1) is 17.4. The number of Topliss-reactive ketones (excluding diaryl/α,β-unsaturated/α-hetero) is 1. The molecule has 0 radical (unpaired) electrons. The number of ketones is 1. The summed E-state index contributed by atoms with van der Waals surface area (Å²) in [5, 5.41) is -0.418. The van der Waals surface area contributed by atoms with Crippen LogP contribution in [0.5, 0.6) is 0 Å². The summed E-state index contributed by atoms with van der Waals surface area (Å²) < 4.78 is 50.4. The number of carbonyl (C=O) groups is 1. The molecule has 2 fully saturated rings. The number of rotatable bonds is 3. The van der Waals surface area contributed by atoms with Crippen LogP contribution >= 0.6 is 11.8 Å². The van der Waals surface area contributed by atoms with Crippen molar-refractivity contribution in [3.05, 3.63) is 42.1 Å². The van der Waals surface area contributed by atoms with E-state index in [9.17, 15) is 18.0 Å². The first-order valence-electron chi connectivity index (χ1n) is 7.88. The summed E-state index contributed by atoms with van der Waals surface area (Å²) in [6, 6.07) is 9.50. The molecule has 136 valence electrons. The lowest BCUT2D eigenvalue weighted by Crippen LogP contribution is -2.37. The second kappa shape index (κ2) is 6.64. The Morgan fingerprint density at radius 3 is 2.65 bits per heavy atom. The van der Waals surface area contributed by atoms with E-state index in [1.165, 1.54) is 0 Å². The fourth-order valence-corrected chi connectivity index (χ4v) is 3.96. The van der Waals surface area contributed by atoms with E-state index >= 15 is 0 Å². The Bertz CT molecular complexity index is 832. The van der Waals surface area contributed by atoms with Gasteiger partial charge in [0.1, 0.15) is 5.69 Å². The number of ether oxygens (including phenoxy) is 2. The van der Waals surface area contributed by atoms with Crippen molar-refractivity contribution in [1.29, 1.82) is 0 Å². The Morgan fingerprint density at radius 1 is 1.15 bits per heavy atom. The van der Waals surface area contributed by atoms with Crippen LogP contribution in [0.3, 0.4) is 0 Å². The van der Waals surface area contributed by atoms with Gasteiger partial charge in [-0.25, -0.2) is 9.97 Å². The third kappa shape index (κ3) is 3.46. The van der Waals surface area contributed by atoms with Crippen LogP contribution in [0.25, 0.3) is 11.3 Å². The number of hydrogen-bond donors (Lipinski definition) is 0. The normalized spacial score (nSPS) is 25.5. The van der Waals surface area contributed by atoms with E-state index in [0.29, 0.717) is 5.56 Å².